The van der Waals surface area contributed by atoms with Gasteiger partial charge in [-0.3, -0.25) is 0 Å². The summed E-state index contributed by atoms with van der Waals surface area (Å²) in [5.41, 5.74) is 6.57. The molecule has 20 heavy (non-hydrogen) atoms. The average molecular weight is 346 g/mol. The molecule has 0 atom stereocenters. The van der Waals surface area contributed by atoms with Gasteiger partial charge in [-0.15, -0.1) is 0 Å². The van der Waals surface area contributed by atoms with E-state index in [0.717, 1.165) is 33.4 Å². The summed E-state index contributed by atoms with van der Waals surface area (Å²) in [7, 11) is 1.68. The molecule has 4 heteroatoms. The molecule has 0 saturated carbocycles. The van der Waals surface area contributed by atoms with E-state index in [1.54, 1.807) is 18.4 Å². The van der Waals surface area contributed by atoms with Gasteiger partial charge < -0.3 is 4.74 Å². The molecule has 0 amide bonds. The van der Waals surface area contributed by atoms with Crippen molar-refractivity contribution < 1.29 is 4.74 Å². The van der Waals surface area contributed by atoms with Crippen molar-refractivity contribution in [2.24, 2.45) is 0 Å². The van der Waals surface area contributed by atoms with E-state index >= 15 is 0 Å². The lowest BCUT2D eigenvalue weighted by Gasteiger charge is -2.10. The molecule has 0 aliphatic heterocycles. The Morgan fingerprint density at radius 3 is 2.80 bits per heavy atom. The molecule has 3 rings (SSSR count). The van der Waals surface area contributed by atoms with E-state index in [1.807, 2.05) is 10.8 Å². The molecule has 2 nitrogen and oxygen atoms in total. The highest BCUT2D eigenvalue weighted by Gasteiger charge is 2.25. The van der Waals surface area contributed by atoms with Crippen LogP contribution in [-0.4, -0.2) is 7.11 Å². The zero-order valence-corrected chi connectivity index (χ0v) is 13.6. The first-order valence-electron chi connectivity index (χ1n) is 6.19. The van der Waals surface area contributed by atoms with Gasteiger partial charge in [-0.05, 0) is 41.1 Å². The Balaban J connectivity index is 2.24. The highest BCUT2D eigenvalue weighted by molar-refractivity contribution is 9.11. The quantitative estimate of drug-likeness (QED) is 0.793. The third-order valence-electron chi connectivity index (χ3n) is 3.61. The predicted octanol–water partition coefficient (Wildman–Crippen LogP) is 4.65. The van der Waals surface area contributed by atoms with Gasteiger partial charge in [0, 0.05) is 27.4 Å². The van der Waals surface area contributed by atoms with E-state index < -0.39 is 0 Å². The molecule has 0 unspecified atom stereocenters. The van der Waals surface area contributed by atoms with Crippen molar-refractivity contribution in [3.63, 3.8) is 0 Å². The Labute approximate surface area is 130 Å². The fraction of sp³-hybridized carbons (Fsp3) is 0.188. The molecule has 0 fully saturated rings. The maximum atomic E-state index is 9.25. The SMILES string of the molecule is COc1cc(C)c2c(c1)C(c1cscc1C#N)=C(Br)C2. The Morgan fingerprint density at radius 2 is 2.10 bits per heavy atom. The highest BCUT2D eigenvalue weighted by Crippen LogP contribution is 2.44. The summed E-state index contributed by atoms with van der Waals surface area (Å²) in [5, 5.41) is 13.2. The van der Waals surface area contributed by atoms with Crippen LogP contribution in [0.1, 0.15) is 27.8 Å². The number of nitriles is 1. The van der Waals surface area contributed by atoms with Crippen molar-refractivity contribution in [2.45, 2.75) is 13.3 Å². The summed E-state index contributed by atoms with van der Waals surface area (Å²) in [4.78, 5) is 0. The number of ether oxygens (including phenoxy) is 1. The standard InChI is InChI=1S/C16H12BrNOS/c1-9-3-11(19-2)4-13-12(9)5-15(17)16(13)14-8-20-7-10(14)6-18/h3-4,7-8H,5H2,1-2H3. The van der Waals surface area contributed by atoms with Crippen LogP contribution in [0.3, 0.4) is 0 Å². The topological polar surface area (TPSA) is 33.0 Å². The molecular formula is C16H12BrNOS. The monoisotopic (exact) mass is 345 g/mol. The third-order valence-corrected chi connectivity index (χ3v) is 5.03. The molecule has 1 aromatic carbocycles. The number of rotatable bonds is 2. The predicted molar refractivity (Wildman–Crippen MR) is 85.4 cm³/mol. The second-order valence-electron chi connectivity index (χ2n) is 4.74. The van der Waals surface area contributed by atoms with E-state index in [2.05, 4.69) is 41.1 Å². The van der Waals surface area contributed by atoms with Gasteiger partial charge in [-0.25, -0.2) is 0 Å². The van der Waals surface area contributed by atoms with Gasteiger partial charge in [-0.2, -0.15) is 16.6 Å². The lowest BCUT2D eigenvalue weighted by Crippen LogP contribution is -1.93. The Morgan fingerprint density at radius 1 is 1.30 bits per heavy atom. The van der Waals surface area contributed by atoms with Crippen LogP contribution in [0.5, 0.6) is 5.75 Å². The maximum absolute atomic E-state index is 9.25. The Hall–Kier alpha value is -1.57. The normalized spacial score (nSPS) is 13.3. The second-order valence-corrected chi connectivity index (χ2v) is 6.44. The fourth-order valence-corrected chi connectivity index (χ4v) is 4.09. The maximum Gasteiger partial charge on any atom is 0.119 e. The highest BCUT2D eigenvalue weighted by atomic mass is 79.9. The van der Waals surface area contributed by atoms with Crippen molar-refractivity contribution in [2.75, 3.05) is 7.11 Å². The summed E-state index contributed by atoms with van der Waals surface area (Å²) >= 11 is 5.24. The number of fused-ring (bicyclic) bond motifs is 1. The van der Waals surface area contributed by atoms with E-state index in [1.165, 1.54) is 16.7 Å². The van der Waals surface area contributed by atoms with Crippen molar-refractivity contribution in [3.8, 4) is 11.8 Å². The van der Waals surface area contributed by atoms with E-state index in [-0.39, 0.29) is 0 Å². The number of benzene rings is 1. The first-order chi connectivity index (χ1) is 9.65. The van der Waals surface area contributed by atoms with Crippen LogP contribution in [0, 0.1) is 18.3 Å². The molecule has 0 bridgehead atoms. The van der Waals surface area contributed by atoms with Crippen LogP contribution in [0.2, 0.25) is 0 Å². The molecule has 0 radical (unpaired) electrons. The summed E-state index contributed by atoms with van der Waals surface area (Å²) in [5.74, 6) is 0.856. The largest absolute Gasteiger partial charge is 0.497 e. The first kappa shape index (κ1) is 13.4. The summed E-state index contributed by atoms with van der Waals surface area (Å²) in [6.45, 7) is 2.10. The number of methoxy groups -OCH3 is 1. The van der Waals surface area contributed by atoms with Crippen LogP contribution >= 0.6 is 27.3 Å². The van der Waals surface area contributed by atoms with Gasteiger partial charge in [-0.1, -0.05) is 15.9 Å². The Kier molecular flexibility index (Phi) is 3.41. The molecule has 1 aliphatic carbocycles. The van der Waals surface area contributed by atoms with Crippen molar-refractivity contribution in [3.05, 3.63) is 55.2 Å². The number of halogens is 1. The fourth-order valence-electron chi connectivity index (χ4n) is 2.62. The number of allylic oxidation sites excluding steroid dienone is 1. The second kappa shape index (κ2) is 5.08. The zero-order valence-electron chi connectivity index (χ0n) is 11.2. The van der Waals surface area contributed by atoms with Gasteiger partial charge in [0.2, 0.25) is 0 Å². The molecule has 1 aromatic heterocycles. The number of nitrogens with zero attached hydrogens (tertiary/aromatic N) is 1. The van der Waals surface area contributed by atoms with Crippen LogP contribution in [0.25, 0.3) is 5.57 Å². The summed E-state index contributed by atoms with van der Waals surface area (Å²) in [6, 6.07) is 6.39. The van der Waals surface area contributed by atoms with Crippen molar-refractivity contribution >= 4 is 32.8 Å². The van der Waals surface area contributed by atoms with E-state index in [4.69, 9.17) is 4.74 Å². The zero-order chi connectivity index (χ0) is 14.3. The minimum Gasteiger partial charge on any atom is -0.497 e. The van der Waals surface area contributed by atoms with Crippen LogP contribution in [0.15, 0.2) is 27.4 Å². The van der Waals surface area contributed by atoms with Crippen LogP contribution in [-0.2, 0) is 6.42 Å². The molecule has 1 heterocycles. The minimum absolute atomic E-state index is 0.732. The number of thiophene rings is 1. The van der Waals surface area contributed by atoms with Crippen molar-refractivity contribution in [1.82, 2.24) is 0 Å². The van der Waals surface area contributed by atoms with Gasteiger partial charge in [0.05, 0.1) is 12.7 Å². The molecular weight excluding hydrogens is 334 g/mol. The molecule has 100 valence electrons. The van der Waals surface area contributed by atoms with Gasteiger partial charge in [0.25, 0.3) is 0 Å². The summed E-state index contributed by atoms with van der Waals surface area (Å²) < 4.78 is 6.52. The molecule has 1 aliphatic rings. The lowest BCUT2D eigenvalue weighted by atomic mass is 9.96. The molecule has 0 spiro atoms. The number of hydrogen-bond acceptors (Lipinski definition) is 3. The van der Waals surface area contributed by atoms with Gasteiger partial charge in [0.1, 0.15) is 11.8 Å². The number of hydrogen-bond donors (Lipinski definition) is 0. The number of aryl methyl sites for hydroxylation is 1. The van der Waals surface area contributed by atoms with Crippen molar-refractivity contribution in [1.29, 1.82) is 5.26 Å². The molecule has 2 aromatic rings. The third kappa shape index (κ3) is 1.98. The minimum atomic E-state index is 0.732. The van der Waals surface area contributed by atoms with E-state index in [0.29, 0.717) is 0 Å². The van der Waals surface area contributed by atoms with E-state index in [9.17, 15) is 5.26 Å². The summed E-state index contributed by atoms with van der Waals surface area (Å²) in [6.07, 6.45) is 0.876. The van der Waals surface area contributed by atoms with Crippen LogP contribution < -0.4 is 4.74 Å². The molecule has 0 N–H and O–H groups in total. The molecule has 0 saturated heterocycles. The lowest BCUT2D eigenvalue weighted by molar-refractivity contribution is 0.414. The van der Waals surface area contributed by atoms with Gasteiger partial charge >= 0.3 is 0 Å². The smallest absolute Gasteiger partial charge is 0.119 e. The van der Waals surface area contributed by atoms with Crippen LogP contribution in [0.4, 0.5) is 0 Å². The average Bonchev–Trinajstić information content (AvgIpc) is 3.01. The van der Waals surface area contributed by atoms with Gasteiger partial charge in [0.15, 0.2) is 0 Å². The first-order valence-corrected chi connectivity index (χ1v) is 7.92. The Bertz CT molecular complexity index is 767.